The van der Waals surface area contributed by atoms with Crippen LogP contribution in [0.4, 0.5) is 0 Å². The molecule has 1 unspecified atom stereocenters. The van der Waals surface area contributed by atoms with Crippen molar-refractivity contribution in [1.29, 1.82) is 0 Å². The second-order valence-corrected chi connectivity index (χ2v) is 5.32. The molecule has 1 nitrogen and oxygen atoms in total. The van der Waals surface area contributed by atoms with Crippen molar-refractivity contribution in [3.8, 4) is 0 Å². The molecule has 0 spiro atoms. The first-order valence-corrected chi connectivity index (χ1v) is 6.38. The van der Waals surface area contributed by atoms with Crippen molar-refractivity contribution in [3.63, 3.8) is 0 Å². The first kappa shape index (κ1) is 14.7. The Morgan fingerprint density at radius 3 is 2.53 bits per heavy atom. The molecule has 0 bridgehead atoms. The van der Waals surface area contributed by atoms with Gasteiger partial charge in [-0.15, -0.1) is 6.58 Å². The lowest BCUT2D eigenvalue weighted by Crippen LogP contribution is -2.30. The quantitative estimate of drug-likeness (QED) is 0.449. The molecule has 0 saturated carbocycles. The number of hydrogen-bond acceptors (Lipinski definition) is 1. The van der Waals surface area contributed by atoms with Crippen molar-refractivity contribution >= 4 is 0 Å². The van der Waals surface area contributed by atoms with Crippen LogP contribution >= 0.6 is 0 Å². The minimum Gasteiger partial charge on any atom is -0.316 e. The highest BCUT2D eigenvalue weighted by Crippen LogP contribution is 2.25. The lowest BCUT2D eigenvalue weighted by molar-refractivity contribution is 0.340. The van der Waals surface area contributed by atoms with Crippen molar-refractivity contribution in [3.05, 3.63) is 12.7 Å². The van der Waals surface area contributed by atoms with Gasteiger partial charge < -0.3 is 5.32 Å². The van der Waals surface area contributed by atoms with Crippen LogP contribution in [0.15, 0.2) is 12.7 Å². The summed E-state index contributed by atoms with van der Waals surface area (Å²) in [5.41, 5.74) is 0.282. The van der Waals surface area contributed by atoms with Gasteiger partial charge >= 0.3 is 0 Å². The zero-order valence-electron chi connectivity index (χ0n) is 11.1. The molecular weight excluding hydrogens is 182 g/mol. The molecule has 0 fully saturated rings. The van der Waals surface area contributed by atoms with Crippen LogP contribution in [0.3, 0.4) is 0 Å². The molecule has 15 heavy (non-hydrogen) atoms. The normalized spacial score (nSPS) is 15.3. The Balaban J connectivity index is 3.80. The third-order valence-corrected chi connectivity index (χ3v) is 2.98. The molecule has 0 rings (SSSR count). The molecule has 1 N–H and O–H groups in total. The minimum absolute atomic E-state index is 0.282. The molecular formula is C14H29N. The van der Waals surface area contributed by atoms with E-state index in [1.165, 1.54) is 25.7 Å². The number of rotatable bonds is 9. The average molecular weight is 211 g/mol. The van der Waals surface area contributed by atoms with E-state index in [0.29, 0.717) is 0 Å². The first-order valence-electron chi connectivity index (χ1n) is 6.38. The van der Waals surface area contributed by atoms with E-state index in [1.807, 2.05) is 0 Å². The second kappa shape index (κ2) is 7.92. The molecule has 1 heteroatoms. The third kappa shape index (κ3) is 7.61. The van der Waals surface area contributed by atoms with Gasteiger partial charge in [0.05, 0.1) is 0 Å². The van der Waals surface area contributed by atoms with Crippen LogP contribution in [-0.4, -0.2) is 13.1 Å². The summed E-state index contributed by atoms with van der Waals surface area (Å²) < 4.78 is 0. The van der Waals surface area contributed by atoms with Crippen molar-refractivity contribution < 1.29 is 0 Å². The summed E-state index contributed by atoms with van der Waals surface area (Å²) in [6.45, 7) is 15.3. The minimum atomic E-state index is 0.282. The number of nitrogens with one attached hydrogen (secondary N) is 1. The Labute approximate surface area is 96.3 Å². The Kier molecular flexibility index (Phi) is 7.76. The predicted octanol–water partition coefficient (Wildman–Crippen LogP) is 4.00. The van der Waals surface area contributed by atoms with Crippen LogP contribution in [0.25, 0.3) is 0 Å². The maximum atomic E-state index is 3.97. The van der Waals surface area contributed by atoms with E-state index in [0.717, 1.165) is 19.0 Å². The Morgan fingerprint density at radius 1 is 1.40 bits per heavy atom. The maximum absolute atomic E-state index is 3.97. The average Bonchev–Trinajstić information content (AvgIpc) is 2.18. The Bertz CT molecular complexity index is 163. The van der Waals surface area contributed by atoms with Gasteiger partial charge in [-0.1, -0.05) is 46.6 Å². The van der Waals surface area contributed by atoms with Gasteiger partial charge in [-0.25, -0.2) is 0 Å². The van der Waals surface area contributed by atoms with E-state index in [9.17, 15) is 0 Å². The lowest BCUT2D eigenvalue weighted by Gasteiger charge is -2.26. The van der Waals surface area contributed by atoms with E-state index in [-0.39, 0.29) is 5.41 Å². The van der Waals surface area contributed by atoms with Gasteiger partial charge in [-0.2, -0.15) is 0 Å². The highest BCUT2D eigenvalue weighted by molar-refractivity contribution is 4.92. The van der Waals surface area contributed by atoms with Crippen LogP contribution < -0.4 is 5.32 Å². The van der Waals surface area contributed by atoms with Crippen LogP contribution in [0, 0.1) is 11.3 Å². The van der Waals surface area contributed by atoms with Crippen molar-refractivity contribution in [2.75, 3.05) is 13.1 Å². The summed E-state index contributed by atoms with van der Waals surface area (Å²) in [5.74, 6) is 0.822. The van der Waals surface area contributed by atoms with Gasteiger partial charge in [-0.3, -0.25) is 0 Å². The smallest absolute Gasteiger partial charge is 0.00397 e. The summed E-state index contributed by atoms with van der Waals surface area (Å²) in [7, 11) is 0. The molecule has 0 aliphatic carbocycles. The van der Waals surface area contributed by atoms with Gasteiger partial charge in [0.25, 0.3) is 0 Å². The lowest BCUT2D eigenvalue weighted by atomic mass is 9.84. The van der Waals surface area contributed by atoms with Gasteiger partial charge in [0.1, 0.15) is 0 Å². The van der Waals surface area contributed by atoms with Crippen LogP contribution in [0.1, 0.15) is 53.4 Å². The highest BCUT2D eigenvalue weighted by Gasteiger charge is 2.18. The van der Waals surface area contributed by atoms with E-state index < -0.39 is 0 Å². The van der Waals surface area contributed by atoms with E-state index >= 15 is 0 Å². The summed E-state index contributed by atoms with van der Waals surface area (Å²) in [6.07, 6.45) is 7.23. The van der Waals surface area contributed by atoms with Crippen molar-refractivity contribution in [2.45, 2.75) is 53.4 Å². The molecule has 0 aromatic rings. The molecule has 0 heterocycles. The standard InChI is InChI=1S/C14H29N/c1-6-11-15-12-14(5,7-2)10-8-9-13(3)4/h7,13,15H,2,6,8-12H2,1,3-5H3. The third-order valence-electron chi connectivity index (χ3n) is 2.98. The molecule has 0 aliphatic heterocycles. The summed E-state index contributed by atoms with van der Waals surface area (Å²) in [5, 5.41) is 3.49. The fourth-order valence-electron chi connectivity index (χ4n) is 1.73. The predicted molar refractivity (Wildman–Crippen MR) is 70.2 cm³/mol. The molecule has 0 radical (unpaired) electrons. The van der Waals surface area contributed by atoms with Gasteiger partial charge in [0.2, 0.25) is 0 Å². The van der Waals surface area contributed by atoms with E-state index in [4.69, 9.17) is 0 Å². The van der Waals surface area contributed by atoms with Crippen LogP contribution in [0.2, 0.25) is 0 Å². The molecule has 0 aliphatic rings. The fourth-order valence-corrected chi connectivity index (χ4v) is 1.73. The molecule has 0 aromatic heterocycles. The Morgan fingerprint density at radius 2 is 2.07 bits per heavy atom. The summed E-state index contributed by atoms with van der Waals surface area (Å²) >= 11 is 0. The molecule has 0 aromatic carbocycles. The molecule has 90 valence electrons. The fraction of sp³-hybridized carbons (Fsp3) is 0.857. The largest absolute Gasteiger partial charge is 0.316 e. The highest BCUT2D eigenvalue weighted by atomic mass is 14.9. The molecule has 0 amide bonds. The first-order chi connectivity index (χ1) is 7.04. The van der Waals surface area contributed by atoms with Gasteiger partial charge in [0, 0.05) is 6.54 Å². The summed E-state index contributed by atoms with van der Waals surface area (Å²) in [4.78, 5) is 0. The second-order valence-electron chi connectivity index (χ2n) is 5.32. The molecule has 0 saturated heterocycles. The van der Waals surface area contributed by atoms with Crippen molar-refractivity contribution in [2.24, 2.45) is 11.3 Å². The zero-order chi connectivity index (χ0) is 11.7. The Hall–Kier alpha value is -0.300. The maximum Gasteiger partial charge on any atom is 0.00397 e. The summed E-state index contributed by atoms with van der Waals surface area (Å²) in [6, 6.07) is 0. The molecule has 1 atom stereocenters. The number of hydrogen-bond donors (Lipinski definition) is 1. The van der Waals surface area contributed by atoms with Crippen molar-refractivity contribution in [1.82, 2.24) is 5.32 Å². The monoisotopic (exact) mass is 211 g/mol. The van der Waals surface area contributed by atoms with Gasteiger partial charge in [0.15, 0.2) is 0 Å². The van der Waals surface area contributed by atoms with Gasteiger partial charge in [-0.05, 0) is 30.7 Å². The van der Waals surface area contributed by atoms with E-state index in [1.54, 1.807) is 0 Å². The SMILES string of the molecule is C=CC(C)(CCCC(C)C)CNCCC. The zero-order valence-corrected chi connectivity index (χ0v) is 11.1. The topological polar surface area (TPSA) is 12.0 Å². The van der Waals surface area contributed by atoms with Crippen LogP contribution in [0.5, 0.6) is 0 Å². The van der Waals surface area contributed by atoms with E-state index in [2.05, 4.69) is 45.7 Å². The van der Waals surface area contributed by atoms with Crippen LogP contribution in [-0.2, 0) is 0 Å².